The number of pyridine rings is 1. The second-order valence-corrected chi connectivity index (χ2v) is 7.45. The number of rotatable bonds is 6. The van der Waals surface area contributed by atoms with Crippen molar-refractivity contribution in [2.24, 2.45) is 0 Å². The van der Waals surface area contributed by atoms with E-state index in [0.717, 1.165) is 44.1 Å². The molecule has 148 valence electrons. The lowest BCUT2D eigenvalue weighted by molar-refractivity contribution is -0.116. The van der Waals surface area contributed by atoms with Crippen LogP contribution < -0.4 is 10.2 Å². The second kappa shape index (κ2) is 9.92. The van der Waals surface area contributed by atoms with Gasteiger partial charge < -0.3 is 15.1 Å². The molecule has 1 saturated heterocycles. The van der Waals surface area contributed by atoms with Crippen molar-refractivity contribution in [3.8, 4) is 0 Å². The van der Waals surface area contributed by atoms with Gasteiger partial charge in [0.05, 0.1) is 0 Å². The molecule has 0 unspecified atom stereocenters. The van der Waals surface area contributed by atoms with Crippen molar-refractivity contribution in [1.82, 2.24) is 15.2 Å². The maximum atomic E-state index is 12.1. The molecule has 7 heteroatoms. The Hall–Kier alpha value is -2.08. The van der Waals surface area contributed by atoms with Crippen LogP contribution in [-0.4, -0.2) is 48.5 Å². The highest BCUT2D eigenvalue weighted by atomic mass is 35.5. The van der Waals surface area contributed by atoms with Crippen LogP contribution in [0, 0.1) is 0 Å². The minimum absolute atomic E-state index is 0.212. The lowest BCUT2D eigenvalue weighted by atomic mass is 10.2. The van der Waals surface area contributed by atoms with Crippen LogP contribution in [0.5, 0.6) is 0 Å². The molecule has 1 aromatic carbocycles. The molecule has 1 aliphatic heterocycles. The zero-order valence-electron chi connectivity index (χ0n) is 15.9. The number of carbonyl (C=O) groups is 1. The van der Waals surface area contributed by atoms with Gasteiger partial charge in [-0.05, 0) is 36.4 Å². The zero-order chi connectivity index (χ0) is 19.9. The first-order chi connectivity index (χ1) is 13.6. The molecule has 2 heterocycles. The van der Waals surface area contributed by atoms with E-state index in [1.54, 1.807) is 24.3 Å². The summed E-state index contributed by atoms with van der Waals surface area (Å²) in [4.78, 5) is 21.4. The lowest BCUT2D eigenvalue weighted by Gasteiger charge is -2.34. The zero-order valence-corrected chi connectivity index (χ0v) is 17.4. The number of anilines is 1. The summed E-state index contributed by atoms with van der Waals surface area (Å²) in [7, 11) is 0. The van der Waals surface area contributed by atoms with E-state index < -0.39 is 0 Å². The number of hydrogen-bond acceptors (Lipinski definition) is 4. The smallest absolute Gasteiger partial charge is 0.244 e. The monoisotopic (exact) mass is 418 g/mol. The van der Waals surface area contributed by atoms with Gasteiger partial charge in [-0.3, -0.25) is 4.79 Å². The topological polar surface area (TPSA) is 48.5 Å². The molecule has 0 saturated carbocycles. The second-order valence-electron chi connectivity index (χ2n) is 6.63. The van der Waals surface area contributed by atoms with Gasteiger partial charge >= 0.3 is 0 Å². The van der Waals surface area contributed by atoms with Crippen molar-refractivity contribution in [3.63, 3.8) is 0 Å². The van der Waals surface area contributed by atoms with Crippen molar-refractivity contribution in [3.05, 3.63) is 63.8 Å². The van der Waals surface area contributed by atoms with Crippen LogP contribution in [0.3, 0.4) is 0 Å². The standard InChI is InChI=1S/C21H24Cl2N4O/c1-2-26-10-12-27(13-11-26)20-8-6-16(14-24-20)15-25-21(28)9-7-17-18(22)4-3-5-19(17)23/h3-9,14H,2,10-13,15H2,1H3,(H,25,28)/b9-7+. The SMILES string of the molecule is CCN1CCN(c2ccc(CNC(=O)/C=C/c3c(Cl)cccc3Cl)cn2)CC1. The largest absolute Gasteiger partial charge is 0.354 e. The van der Waals surface area contributed by atoms with Crippen molar-refractivity contribution in [1.29, 1.82) is 0 Å². The van der Waals surface area contributed by atoms with E-state index in [9.17, 15) is 4.79 Å². The van der Waals surface area contributed by atoms with Crippen LogP contribution in [0.4, 0.5) is 5.82 Å². The summed E-state index contributed by atoms with van der Waals surface area (Å²) >= 11 is 12.2. The highest BCUT2D eigenvalue weighted by Gasteiger charge is 2.16. The Kier molecular flexibility index (Phi) is 7.31. The van der Waals surface area contributed by atoms with Gasteiger partial charge in [0.15, 0.2) is 0 Å². The number of nitrogens with one attached hydrogen (secondary N) is 1. The third-order valence-electron chi connectivity index (χ3n) is 4.82. The summed E-state index contributed by atoms with van der Waals surface area (Å²) in [6.45, 7) is 7.82. The molecule has 1 aromatic heterocycles. The van der Waals surface area contributed by atoms with Gasteiger partial charge in [-0.1, -0.05) is 42.3 Å². The Morgan fingerprint density at radius 2 is 1.86 bits per heavy atom. The van der Waals surface area contributed by atoms with E-state index in [0.29, 0.717) is 22.2 Å². The van der Waals surface area contributed by atoms with Gasteiger partial charge in [-0.2, -0.15) is 0 Å². The van der Waals surface area contributed by atoms with Crippen LogP contribution in [0.25, 0.3) is 6.08 Å². The predicted octanol–water partition coefficient (Wildman–Crippen LogP) is 3.86. The summed E-state index contributed by atoms with van der Waals surface area (Å²) < 4.78 is 0. The van der Waals surface area contributed by atoms with Gasteiger partial charge in [-0.15, -0.1) is 0 Å². The molecule has 0 aliphatic carbocycles. The summed E-state index contributed by atoms with van der Waals surface area (Å²) in [6.07, 6.45) is 4.87. The molecular weight excluding hydrogens is 395 g/mol. The van der Waals surface area contributed by atoms with E-state index in [-0.39, 0.29) is 5.91 Å². The molecule has 28 heavy (non-hydrogen) atoms. The molecule has 0 radical (unpaired) electrons. The number of nitrogens with zero attached hydrogens (tertiary/aromatic N) is 3. The molecule has 1 aliphatic rings. The fraction of sp³-hybridized carbons (Fsp3) is 0.333. The van der Waals surface area contributed by atoms with Crippen LogP contribution in [0.1, 0.15) is 18.1 Å². The van der Waals surface area contributed by atoms with E-state index >= 15 is 0 Å². The molecule has 0 spiro atoms. The first-order valence-electron chi connectivity index (χ1n) is 9.39. The quantitative estimate of drug-likeness (QED) is 0.723. The van der Waals surface area contributed by atoms with Crippen LogP contribution in [0.2, 0.25) is 10.0 Å². The highest BCUT2D eigenvalue weighted by molar-refractivity contribution is 6.37. The van der Waals surface area contributed by atoms with Gasteiger partial charge in [-0.25, -0.2) is 4.98 Å². The molecule has 2 aromatic rings. The minimum Gasteiger partial charge on any atom is -0.354 e. The summed E-state index contributed by atoms with van der Waals surface area (Å²) in [5.41, 5.74) is 1.59. The van der Waals surface area contributed by atoms with Crippen molar-refractivity contribution in [2.45, 2.75) is 13.5 Å². The molecule has 5 nitrogen and oxygen atoms in total. The van der Waals surface area contributed by atoms with Crippen molar-refractivity contribution in [2.75, 3.05) is 37.6 Å². The number of halogens is 2. The Balaban J connectivity index is 1.51. The molecule has 0 atom stereocenters. The van der Waals surface area contributed by atoms with Gasteiger partial charge in [0.2, 0.25) is 5.91 Å². The average Bonchev–Trinajstić information content (AvgIpc) is 2.72. The minimum atomic E-state index is -0.212. The summed E-state index contributed by atoms with van der Waals surface area (Å²) in [5.74, 6) is 0.773. The van der Waals surface area contributed by atoms with Gasteiger partial charge in [0.1, 0.15) is 5.82 Å². The molecule has 3 rings (SSSR count). The number of amides is 1. The number of aromatic nitrogens is 1. The fourth-order valence-corrected chi connectivity index (χ4v) is 3.60. The van der Waals surface area contributed by atoms with Crippen LogP contribution in [-0.2, 0) is 11.3 Å². The Bertz CT molecular complexity index is 811. The van der Waals surface area contributed by atoms with Crippen LogP contribution >= 0.6 is 23.2 Å². The molecule has 1 N–H and O–H groups in total. The van der Waals surface area contributed by atoms with E-state index in [4.69, 9.17) is 23.2 Å². The molecular formula is C21H24Cl2N4O. The molecule has 0 bridgehead atoms. The molecule has 1 fully saturated rings. The normalized spacial score (nSPS) is 15.2. The first kappa shape index (κ1) is 20.6. The average molecular weight is 419 g/mol. The fourth-order valence-electron chi connectivity index (χ4n) is 3.08. The van der Waals surface area contributed by atoms with Crippen LogP contribution in [0.15, 0.2) is 42.6 Å². The number of likely N-dealkylation sites (N-methyl/N-ethyl adjacent to an activating group) is 1. The van der Waals surface area contributed by atoms with Crippen molar-refractivity contribution >= 4 is 41.0 Å². The van der Waals surface area contributed by atoms with Gasteiger partial charge in [0.25, 0.3) is 0 Å². The summed E-state index contributed by atoms with van der Waals surface area (Å²) in [5, 5.41) is 3.87. The van der Waals surface area contributed by atoms with Gasteiger partial charge in [0, 0.05) is 60.6 Å². The maximum absolute atomic E-state index is 12.1. The number of benzene rings is 1. The number of carbonyl (C=O) groups excluding carboxylic acids is 1. The Labute approximate surface area is 175 Å². The van der Waals surface area contributed by atoms with Crippen molar-refractivity contribution < 1.29 is 4.79 Å². The molecule has 1 amide bonds. The first-order valence-corrected chi connectivity index (χ1v) is 10.1. The third kappa shape index (κ3) is 5.47. The maximum Gasteiger partial charge on any atom is 0.244 e. The third-order valence-corrected chi connectivity index (χ3v) is 5.48. The Morgan fingerprint density at radius 1 is 1.14 bits per heavy atom. The number of hydrogen-bond donors (Lipinski definition) is 1. The van der Waals surface area contributed by atoms with E-state index in [1.807, 2.05) is 18.3 Å². The summed E-state index contributed by atoms with van der Waals surface area (Å²) in [6, 6.07) is 9.26. The lowest BCUT2D eigenvalue weighted by Crippen LogP contribution is -2.46. The van der Waals surface area contributed by atoms with E-state index in [2.05, 4.69) is 27.0 Å². The highest BCUT2D eigenvalue weighted by Crippen LogP contribution is 2.25. The number of piperazine rings is 1. The van der Waals surface area contributed by atoms with E-state index in [1.165, 1.54) is 6.08 Å². The Morgan fingerprint density at radius 3 is 2.46 bits per heavy atom. The predicted molar refractivity (Wildman–Crippen MR) is 116 cm³/mol.